The number of nitrogens with zero attached hydrogens (tertiary/aromatic N) is 1. The van der Waals surface area contributed by atoms with E-state index in [1.54, 1.807) is 18.3 Å². The third-order valence-corrected chi connectivity index (χ3v) is 3.28. The van der Waals surface area contributed by atoms with Crippen molar-refractivity contribution < 1.29 is 24.1 Å². The molecular formula is C15H18N2O5. The van der Waals surface area contributed by atoms with Crippen molar-refractivity contribution in [1.82, 2.24) is 4.98 Å². The lowest BCUT2D eigenvalue weighted by molar-refractivity contribution is -0.137. The Bertz CT molecular complexity index is 702. The molecule has 118 valence electrons. The molecule has 0 saturated heterocycles. The Morgan fingerprint density at radius 3 is 2.45 bits per heavy atom. The maximum Gasteiger partial charge on any atom is 0.325 e. The van der Waals surface area contributed by atoms with E-state index in [2.05, 4.69) is 10.3 Å². The van der Waals surface area contributed by atoms with Crippen molar-refractivity contribution in [2.75, 3.05) is 26.6 Å². The number of hydrogen-bond acceptors (Lipinski definition) is 6. The Kier molecular flexibility index (Phi) is 4.55. The predicted molar refractivity (Wildman–Crippen MR) is 82.1 cm³/mol. The molecule has 0 bridgehead atoms. The molecule has 0 radical (unpaired) electrons. The van der Waals surface area contributed by atoms with Crippen LogP contribution in [0.5, 0.6) is 17.2 Å². The Labute approximate surface area is 127 Å². The van der Waals surface area contributed by atoms with Crippen LogP contribution in [-0.2, 0) is 4.79 Å². The van der Waals surface area contributed by atoms with E-state index in [4.69, 9.17) is 19.3 Å². The Balaban J connectivity index is 2.71. The van der Waals surface area contributed by atoms with Gasteiger partial charge in [0.25, 0.3) is 0 Å². The number of aromatic nitrogens is 1. The number of anilines is 1. The van der Waals surface area contributed by atoms with Crippen LogP contribution in [0.3, 0.4) is 0 Å². The highest BCUT2D eigenvalue weighted by Crippen LogP contribution is 2.45. The molecule has 0 aliphatic heterocycles. The smallest absolute Gasteiger partial charge is 0.325 e. The van der Waals surface area contributed by atoms with Crippen molar-refractivity contribution in [1.29, 1.82) is 0 Å². The van der Waals surface area contributed by atoms with E-state index >= 15 is 0 Å². The van der Waals surface area contributed by atoms with E-state index in [1.165, 1.54) is 28.3 Å². The van der Waals surface area contributed by atoms with Gasteiger partial charge in [-0.15, -0.1) is 0 Å². The van der Waals surface area contributed by atoms with E-state index in [9.17, 15) is 4.79 Å². The third-order valence-electron chi connectivity index (χ3n) is 3.28. The third kappa shape index (κ3) is 2.69. The van der Waals surface area contributed by atoms with Crippen molar-refractivity contribution in [3.63, 3.8) is 0 Å². The predicted octanol–water partition coefficient (Wildman–Crippen LogP) is 2.15. The molecule has 1 heterocycles. The fraction of sp³-hybridized carbons (Fsp3) is 0.333. The van der Waals surface area contributed by atoms with Crippen LogP contribution < -0.4 is 19.5 Å². The first-order valence-corrected chi connectivity index (χ1v) is 6.60. The number of fused-ring (bicyclic) bond motifs is 1. The van der Waals surface area contributed by atoms with Crippen molar-refractivity contribution in [2.45, 2.75) is 13.0 Å². The summed E-state index contributed by atoms with van der Waals surface area (Å²) >= 11 is 0. The number of benzene rings is 1. The molecule has 1 atom stereocenters. The second kappa shape index (κ2) is 6.38. The van der Waals surface area contributed by atoms with Crippen LogP contribution in [0.25, 0.3) is 10.8 Å². The van der Waals surface area contributed by atoms with E-state index < -0.39 is 12.0 Å². The molecule has 0 fully saturated rings. The SMILES string of the molecule is COc1cc2ccnc(NC(C)C(=O)O)c2c(OC)c1OC. The highest BCUT2D eigenvalue weighted by Gasteiger charge is 2.21. The summed E-state index contributed by atoms with van der Waals surface area (Å²) in [5.74, 6) is 0.820. The van der Waals surface area contributed by atoms with Gasteiger partial charge >= 0.3 is 5.97 Å². The van der Waals surface area contributed by atoms with E-state index in [0.29, 0.717) is 28.5 Å². The summed E-state index contributed by atoms with van der Waals surface area (Å²) in [5, 5.41) is 13.4. The van der Waals surface area contributed by atoms with Gasteiger partial charge in [-0.3, -0.25) is 4.79 Å². The Morgan fingerprint density at radius 1 is 1.23 bits per heavy atom. The summed E-state index contributed by atoms with van der Waals surface area (Å²) in [5.41, 5.74) is 0. The molecule has 0 aliphatic rings. The average Bonchev–Trinajstić information content (AvgIpc) is 2.52. The lowest BCUT2D eigenvalue weighted by Gasteiger charge is -2.18. The van der Waals surface area contributed by atoms with Crippen molar-refractivity contribution in [3.05, 3.63) is 18.3 Å². The number of methoxy groups -OCH3 is 3. The molecule has 2 N–H and O–H groups in total. The molecule has 0 aliphatic carbocycles. The quantitative estimate of drug-likeness (QED) is 0.845. The number of carboxylic acids is 1. The van der Waals surface area contributed by atoms with Crippen molar-refractivity contribution in [2.24, 2.45) is 0 Å². The number of aliphatic carboxylic acids is 1. The highest BCUT2D eigenvalue weighted by atomic mass is 16.5. The highest BCUT2D eigenvalue weighted by molar-refractivity contribution is 6.01. The lowest BCUT2D eigenvalue weighted by Crippen LogP contribution is -2.26. The summed E-state index contributed by atoms with van der Waals surface area (Å²) < 4.78 is 16.1. The number of carboxylic acid groups (broad SMARTS) is 1. The average molecular weight is 306 g/mol. The van der Waals surface area contributed by atoms with E-state index in [1.807, 2.05) is 0 Å². The fourth-order valence-electron chi connectivity index (χ4n) is 2.18. The first kappa shape index (κ1) is 15.7. The first-order chi connectivity index (χ1) is 10.5. The second-order valence-electron chi connectivity index (χ2n) is 4.61. The number of hydrogen-bond donors (Lipinski definition) is 2. The maximum absolute atomic E-state index is 11.1. The molecular weight excluding hydrogens is 288 g/mol. The minimum absolute atomic E-state index is 0.408. The van der Waals surface area contributed by atoms with Gasteiger partial charge in [0.2, 0.25) is 5.75 Å². The van der Waals surface area contributed by atoms with Crippen LogP contribution >= 0.6 is 0 Å². The summed E-state index contributed by atoms with van der Waals surface area (Å²) in [6.45, 7) is 1.54. The summed E-state index contributed by atoms with van der Waals surface area (Å²) in [4.78, 5) is 15.3. The van der Waals surface area contributed by atoms with Gasteiger partial charge in [0.05, 0.1) is 26.7 Å². The standard InChI is InChI=1S/C15H18N2O5/c1-8(15(18)19)17-14-11-9(5-6-16-14)7-10(20-2)12(21-3)13(11)22-4/h5-8H,1-4H3,(H,16,17)(H,18,19). The van der Waals surface area contributed by atoms with Gasteiger partial charge in [-0.1, -0.05) is 0 Å². The first-order valence-electron chi connectivity index (χ1n) is 6.60. The molecule has 2 rings (SSSR count). The van der Waals surface area contributed by atoms with E-state index in [0.717, 1.165) is 5.39 Å². The monoisotopic (exact) mass is 306 g/mol. The van der Waals surface area contributed by atoms with Crippen molar-refractivity contribution >= 4 is 22.6 Å². The zero-order valence-corrected chi connectivity index (χ0v) is 12.8. The normalized spacial score (nSPS) is 11.8. The molecule has 2 aromatic rings. The minimum Gasteiger partial charge on any atom is -0.493 e. The summed E-state index contributed by atoms with van der Waals surface area (Å²) in [6, 6.07) is 2.78. The number of rotatable bonds is 6. The Hall–Kier alpha value is -2.70. The second-order valence-corrected chi connectivity index (χ2v) is 4.61. The zero-order valence-electron chi connectivity index (χ0n) is 12.8. The molecule has 0 amide bonds. The van der Waals surface area contributed by atoms with Gasteiger partial charge in [-0.05, 0) is 24.4 Å². The van der Waals surface area contributed by atoms with Crippen molar-refractivity contribution in [3.8, 4) is 17.2 Å². The summed E-state index contributed by atoms with van der Waals surface area (Å²) in [6.07, 6.45) is 1.59. The van der Waals surface area contributed by atoms with Crippen LogP contribution in [0.15, 0.2) is 18.3 Å². The van der Waals surface area contributed by atoms with Crippen LogP contribution in [0.1, 0.15) is 6.92 Å². The number of ether oxygens (including phenoxy) is 3. The van der Waals surface area contributed by atoms with Gasteiger partial charge in [0.15, 0.2) is 11.5 Å². The molecule has 22 heavy (non-hydrogen) atoms. The van der Waals surface area contributed by atoms with Gasteiger partial charge in [-0.2, -0.15) is 0 Å². The van der Waals surface area contributed by atoms with Gasteiger partial charge in [-0.25, -0.2) is 4.98 Å². The molecule has 7 heteroatoms. The van der Waals surface area contributed by atoms with Gasteiger partial charge < -0.3 is 24.6 Å². The van der Waals surface area contributed by atoms with Crippen LogP contribution in [0, 0.1) is 0 Å². The van der Waals surface area contributed by atoms with Gasteiger partial charge in [0, 0.05) is 6.20 Å². The number of carbonyl (C=O) groups is 1. The number of nitrogens with one attached hydrogen (secondary N) is 1. The molecule has 0 saturated carbocycles. The topological polar surface area (TPSA) is 89.9 Å². The number of pyridine rings is 1. The maximum atomic E-state index is 11.1. The van der Waals surface area contributed by atoms with Gasteiger partial charge in [0.1, 0.15) is 11.9 Å². The molecule has 1 aromatic carbocycles. The molecule has 1 unspecified atom stereocenters. The van der Waals surface area contributed by atoms with Crippen LogP contribution in [0.4, 0.5) is 5.82 Å². The fourth-order valence-corrected chi connectivity index (χ4v) is 2.18. The largest absolute Gasteiger partial charge is 0.493 e. The Morgan fingerprint density at radius 2 is 1.91 bits per heavy atom. The molecule has 0 spiro atoms. The zero-order chi connectivity index (χ0) is 16.3. The summed E-state index contributed by atoms with van der Waals surface area (Å²) in [7, 11) is 4.56. The molecule has 7 nitrogen and oxygen atoms in total. The van der Waals surface area contributed by atoms with Crippen LogP contribution in [-0.4, -0.2) is 43.4 Å². The van der Waals surface area contributed by atoms with Crippen LogP contribution in [0.2, 0.25) is 0 Å². The minimum atomic E-state index is -0.974. The lowest BCUT2D eigenvalue weighted by atomic mass is 10.1. The molecule has 1 aromatic heterocycles. The van der Waals surface area contributed by atoms with E-state index in [-0.39, 0.29) is 0 Å².